The van der Waals surface area contributed by atoms with Gasteiger partial charge in [-0.1, -0.05) is 54.6 Å². The lowest BCUT2D eigenvalue weighted by Crippen LogP contribution is -2.53. The number of likely N-dealkylation sites (tertiary alicyclic amines) is 1. The van der Waals surface area contributed by atoms with E-state index in [-0.39, 0.29) is 17.7 Å². The predicted molar refractivity (Wildman–Crippen MR) is 106 cm³/mol. The minimum absolute atomic E-state index is 0.172. The van der Waals surface area contributed by atoms with Gasteiger partial charge >= 0.3 is 0 Å². The summed E-state index contributed by atoms with van der Waals surface area (Å²) in [6, 6.07) is 18.4. The van der Waals surface area contributed by atoms with E-state index in [0.29, 0.717) is 13.0 Å². The Morgan fingerprint density at radius 3 is 2.44 bits per heavy atom. The van der Waals surface area contributed by atoms with Crippen LogP contribution >= 0.6 is 0 Å². The molecule has 4 nitrogen and oxygen atoms in total. The van der Waals surface area contributed by atoms with Gasteiger partial charge in [0.2, 0.25) is 11.8 Å². The van der Waals surface area contributed by atoms with Crippen LogP contribution in [0.4, 0.5) is 0 Å². The van der Waals surface area contributed by atoms with Gasteiger partial charge < -0.3 is 10.6 Å². The molecule has 1 saturated carbocycles. The molecule has 2 aliphatic rings. The molecule has 2 aromatic rings. The Morgan fingerprint density at radius 2 is 1.74 bits per heavy atom. The molecular formula is C23H26N2O2. The number of amides is 2. The molecule has 1 aliphatic heterocycles. The van der Waals surface area contributed by atoms with Crippen molar-refractivity contribution >= 4 is 11.8 Å². The lowest BCUT2D eigenvalue weighted by atomic mass is 9.73. The average molecular weight is 362 g/mol. The van der Waals surface area contributed by atoms with Crippen molar-refractivity contribution in [2.75, 3.05) is 13.1 Å². The molecule has 1 aliphatic carbocycles. The van der Waals surface area contributed by atoms with E-state index in [0.717, 1.165) is 48.9 Å². The topological polar surface area (TPSA) is 63.4 Å². The molecule has 0 unspecified atom stereocenters. The second-order valence-electron chi connectivity index (χ2n) is 7.98. The number of nitrogens with zero attached hydrogens (tertiary/aromatic N) is 1. The SMILES string of the molecule is NC(=O)[C@@]1(Cc2ccccc2-c2ccccc2)CCCN(C(=O)C2CC2)C1. The van der Waals surface area contributed by atoms with Crippen molar-refractivity contribution in [3.63, 3.8) is 0 Å². The third-order valence-corrected chi connectivity index (χ3v) is 5.97. The highest BCUT2D eigenvalue weighted by Gasteiger charge is 2.44. The highest BCUT2D eigenvalue weighted by atomic mass is 16.2. The van der Waals surface area contributed by atoms with Gasteiger partial charge in [0.05, 0.1) is 5.41 Å². The Bertz CT molecular complexity index is 844. The van der Waals surface area contributed by atoms with Crippen molar-refractivity contribution in [2.24, 2.45) is 17.1 Å². The molecule has 4 heteroatoms. The van der Waals surface area contributed by atoms with Crippen molar-refractivity contribution in [2.45, 2.75) is 32.1 Å². The molecule has 0 bridgehead atoms. The molecule has 27 heavy (non-hydrogen) atoms. The Balaban J connectivity index is 1.64. The highest BCUT2D eigenvalue weighted by molar-refractivity contribution is 5.85. The van der Waals surface area contributed by atoms with Crippen LogP contribution < -0.4 is 5.73 Å². The van der Waals surface area contributed by atoms with Crippen molar-refractivity contribution in [3.8, 4) is 11.1 Å². The van der Waals surface area contributed by atoms with E-state index >= 15 is 0 Å². The molecule has 1 saturated heterocycles. The van der Waals surface area contributed by atoms with Crippen LogP contribution in [0.1, 0.15) is 31.2 Å². The summed E-state index contributed by atoms with van der Waals surface area (Å²) >= 11 is 0. The molecule has 2 amide bonds. The van der Waals surface area contributed by atoms with Gasteiger partial charge in [-0.3, -0.25) is 9.59 Å². The van der Waals surface area contributed by atoms with Gasteiger partial charge in [0.15, 0.2) is 0 Å². The first kappa shape index (κ1) is 17.8. The molecule has 4 rings (SSSR count). The number of benzene rings is 2. The third-order valence-electron chi connectivity index (χ3n) is 5.97. The number of nitrogens with two attached hydrogens (primary N) is 1. The fourth-order valence-electron chi connectivity index (χ4n) is 4.28. The second kappa shape index (κ2) is 7.18. The van der Waals surface area contributed by atoms with Crippen LogP contribution in [0.2, 0.25) is 0 Å². The van der Waals surface area contributed by atoms with Crippen molar-refractivity contribution in [1.29, 1.82) is 0 Å². The van der Waals surface area contributed by atoms with E-state index in [1.807, 2.05) is 35.2 Å². The number of carbonyl (C=O) groups is 2. The largest absolute Gasteiger partial charge is 0.369 e. The molecule has 2 N–H and O–H groups in total. The maximum atomic E-state index is 12.6. The Morgan fingerprint density at radius 1 is 1.04 bits per heavy atom. The van der Waals surface area contributed by atoms with Crippen LogP contribution in [0.15, 0.2) is 54.6 Å². The fraction of sp³-hybridized carbons (Fsp3) is 0.391. The summed E-state index contributed by atoms with van der Waals surface area (Å²) in [5.74, 6) is 0.0839. The number of primary amides is 1. The Labute approximate surface area is 160 Å². The zero-order valence-electron chi connectivity index (χ0n) is 15.6. The molecule has 1 atom stereocenters. The molecule has 2 aromatic carbocycles. The molecular weight excluding hydrogens is 336 g/mol. The van der Waals surface area contributed by atoms with E-state index in [2.05, 4.69) is 24.3 Å². The van der Waals surface area contributed by atoms with Crippen molar-refractivity contribution in [3.05, 3.63) is 60.2 Å². The lowest BCUT2D eigenvalue weighted by molar-refractivity contribution is -0.140. The second-order valence-corrected chi connectivity index (χ2v) is 7.98. The molecule has 0 aromatic heterocycles. The van der Waals surface area contributed by atoms with Crippen molar-refractivity contribution in [1.82, 2.24) is 4.90 Å². The predicted octanol–water partition coefficient (Wildman–Crippen LogP) is 3.40. The molecule has 0 radical (unpaired) electrons. The van der Waals surface area contributed by atoms with Crippen molar-refractivity contribution < 1.29 is 9.59 Å². The number of rotatable bonds is 5. The summed E-state index contributed by atoms with van der Waals surface area (Å²) in [5, 5.41) is 0. The van der Waals surface area contributed by atoms with Crippen LogP contribution in [-0.2, 0) is 16.0 Å². The van der Waals surface area contributed by atoms with Crippen LogP contribution in [0, 0.1) is 11.3 Å². The Hall–Kier alpha value is -2.62. The van der Waals surface area contributed by atoms with Gasteiger partial charge in [-0.05, 0) is 48.8 Å². The number of piperidine rings is 1. The third kappa shape index (κ3) is 3.61. The zero-order chi connectivity index (χ0) is 18.9. The minimum atomic E-state index is -0.687. The number of hydrogen-bond donors (Lipinski definition) is 1. The zero-order valence-corrected chi connectivity index (χ0v) is 15.6. The summed E-state index contributed by atoms with van der Waals surface area (Å²) in [6.45, 7) is 1.19. The summed E-state index contributed by atoms with van der Waals surface area (Å²) in [5.41, 5.74) is 8.61. The highest BCUT2D eigenvalue weighted by Crippen LogP contribution is 2.39. The average Bonchev–Trinajstić information content (AvgIpc) is 3.54. The first-order valence-electron chi connectivity index (χ1n) is 9.81. The maximum absolute atomic E-state index is 12.6. The van der Waals surface area contributed by atoms with Gasteiger partial charge in [0.25, 0.3) is 0 Å². The summed E-state index contributed by atoms with van der Waals surface area (Å²) in [4.78, 5) is 27.0. The maximum Gasteiger partial charge on any atom is 0.225 e. The van der Waals surface area contributed by atoms with Gasteiger partial charge in [-0.15, -0.1) is 0 Å². The van der Waals surface area contributed by atoms with Crippen LogP contribution in [0.25, 0.3) is 11.1 Å². The number of hydrogen-bond acceptors (Lipinski definition) is 2. The molecule has 140 valence electrons. The van der Waals surface area contributed by atoms with Gasteiger partial charge in [-0.25, -0.2) is 0 Å². The first-order chi connectivity index (χ1) is 13.1. The van der Waals surface area contributed by atoms with E-state index in [1.165, 1.54) is 0 Å². The van der Waals surface area contributed by atoms with Gasteiger partial charge in [0, 0.05) is 19.0 Å². The summed E-state index contributed by atoms with van der Waals surface area (Å²) < 4.78 is 0. The summed E-state index contributed by atoms with van der Waals surface area (Å²) in [6.07, 6.45) is 4.10. The van der Waals surface area contributed by atoms with Gasteiger partial charge in [0.1, 0.15) is 0 Å². The Kier molecular flexibility index (Phi) is 4.73. The quantitative estimate of drug-likeness (QED) is 0.886. The number of carbonyl (C=O) groups excluding carboxylic acids is 2. The fourth-order valence-corrected chi connectivity index (χ4v) is 4.28. The van der Waals surface area contributed by atoms with E-state index < -0.39 is 5.41 Å². The molecule has 0 spiro atoms. The van der Waals surface area contributed by atoms with Gasteiger partial charge in [-0.2, -0.15) is 0 Å². The standard InChI is InChI=1S/C23H26N2O2/c24-22(27)23(13-6-14-25(16-23)21(26)18-11-12-18)15-19-9-4-5-10-20(19)17-7-2-1-3-8-17/h1-5,7-10,18H,6,11-16H2,(H2,24,27)/t23-/m1/s1. The monoisotopic (exact) mass is 362 g/mol. The summed E-state index contributed by atoms with van der Waals surface area (Å²) in [7, 11) is 0. The van der Waals surface area contributed by atoms with Crippen LogP contribution in [0.3, 0.4) is 0 Å². The lowest BCUT2D eigenvalue weighted by Gasteiger charge is -2.41. The van der Waals surface area contributed by atoms with Crippen LogP contribution in [-0.4, -0.2) is 29.8 Å². The van der Waals surface area contributed by atoms with E-state index in [9.17, 15) is 9.59 Å². The van der Waals surface area contributed by atoms with E-state index in [1.54, 1.807) is 0 Å². The molecule has 2 fully saturated rings. The molecule has 1 heterocycles. The normalized spacial score (nSPS) is 22.4. The van der Waals surface area contributed by atoms with E-state index in [4.69, 9.17) is 5.73 Å². The first-order valence-corrected chi connectivity index (χ1v) is 9.81. The minimum Gasteiger partial charge on any atom is -0.369 e. The smallest absolute Gasteiger partial charge is 0.225 e. The van der Waals surface area contributed by atoms with Crippen LogP contribution in [0.5, 0.6) is 0 Å².